The van der Waals surface area contributed by atoms with Crippen LogP contribution in [-0.2, 0) is 14.4 Å². The standard InChI is InChI=1S/C10H17NO5/c1-2-3-4-5-8(12)11-7(10(15)16)6-9(13)14/h7H,2-6H2,1H3,(H,11,12)(H,13,14)(H,15,16)/t7-/m1/s1. The van der Waals surface area contributed by atoms with Crippen molar-refractivity contribution < 1.29 is 24.6 Å². The lowest BCUT2D eigenvalue weighted by Crippen LogP contribution is -2.42. The Kier molecular flexibility index (Phi) is 6.91. The van der Waals surface area contributed by atoms with E-state index >= 15 is 0 Å². The number of unbranched alkanes of at least 4 members (excludes halogenated alkanes) is 2. The van der Waals surface area contributed by atoms with Gasteiger partial charge in [-0.25, -0.2) is 4.79 Å². The van der Waals surface area contributed by atoms with E-state index in [0.29, 0.717) is 6.42 Å². The summed E-state index contributed by atoms with van der Waals surface area (Å²) in [7, 11) is 0. The summed E-state index contributed by atoms with van der Waals surface area (Å²) in [4.78, 5) is 32.2. The topological polar surface area (TPSA) is 104 Å². The molecule has 6 heteroatoms. The van der Waals surface area contributed by atoms with Gasteiger partial charge in [0.05, 0.1) is 6.42 Å². The molecule has 6 nitrogen and oxygen atoms in total. The maximum Gasteiger partial charge on any atom is 0.326 e. The quantitative estimate of drug-likeness (QED) is 0.531. The fourth-order valence-corrected chi connectivity index (χ4v) is 1.18. The Morgan fingerprint density at radius 2 is 1.81 bits per heavy atom. The van der Waals surface area contributed by atoms with Crippen molar-refractivity contribution >= 4 is 17.8 Å². The van der Waals surface area contributed by atoms with Crippen LogP contribution in [0.1, 0.15) is 39.0 Å². The molecule has 1 amide bonds. The molecule has 1 atom stereocenters. The summed E-state index contributed by atoms with van der Waals surface area (Å²) in [5.74, 6) is -2.99. The van der Waals surface area contributed by atoms with E-state index in [-0.39, 0.29) is 6.42 Å². The average Bonchev–Trinajstić information content (AvgIpc) is 2.16. The molecule has 0 heterocycles. The lowest BCUT2D eigenvalue weighted by atomic mass is 10.1. The first-order valence-electron chi connectivity index (χ1n) is 5.21. The van der Waals surface area contributed by atoms with E-state index in [9.17, 15) is 14.4 Å². The number of hydrogen-bond acceptors (Lipinski definition) is 3. The predicted octanol–water partition coefficient (Wildman–Crippen LogP) is 0.611. The van der Waals surface area contributed by atoms with Gasteiger partial charge in [-0.3, -0.25) is 9.59 Å². The van der Waals surface area contributed by atoms with Crippen molar-refractivity contribution in [1.29, 1.82) is 0 Å². The fourth-order valence-electron chi connectivity index (χ4n) is 1.18. The highest BCUT2D eigenvalue weighted by Gasteiger charge is 2.22. The number of hydrogen-bond donors (Lipinski definition) is 3. The van der Waals surface area contributed by atoms with Gasteiger partial charge in [0.25, 0.3) is 0 Å². The van der Waals surface area contributed by atoms with Crippen molar-refractivity contribution in [3.8, 4) is 0 Å². The number of nitrogens with one attached hydrogen (secondary N) is 1. The Labute approximate surface area is 93.6 Å². The lowest BCUT2D eigenvalue weighted by molar-refractivity contribution is -0.147. The molecule has 0 rings (SSSR count). The minimum Gasteiger partial charge on any atom is -0.481 e. The number of carboxylic acids is 2. The maximum atomic E-state index is 11.2. The van der Waals surface area contributed by atoms with Crippen LogP contribution in [0.3, 0.4) is 0 Å². The summed E-state index contributed by atoms with van der Waals surface area (Å²) in [6.45, 7) is 1.99. The molecule has 0 radical (unpaired) electrons. The molecule has 0 aromatic carbocycles. The normalized spacial score (nSPS) is 11.8. The molecular formula is C10H17NO5. The highest BCUT2D eigenvalue weighted by atomic mass is 16.4. The number of carbonyl (C=O) groups is 3. The highest BCUT2D eigenvalue weighted by Crippen LogP contribution is 2.00. The Balaban J connectivity index is 4.03. The van der Waals surface area contributed by atoms with E-state index in [2.05, 4.69) is 5.32 Å². The molecule has 0 aromatic heterocycles. The molecule has 0 aliphatic heterocycles. The molecule has 0 bridgehead atoms. The molecule has 0 saturated heterocycles. The fraction of sp³-hybridized carbons (Fsp3) is 0.700. The predicted molar refractivity (Wildman–Crippen MR) is 56.0 cm³/mol. The molecule has 16 heavy (non-hydrogen) atoms. The summed E-state index contributed by atoms with van der Waals surface area (Å²) in [6.07, 6.45) is 2.17. The van der Waals surface area contributed by atoms with Crippen LogP contribution in [0.4, 0.5) is 0 Å². The molecule has 0 aromatic rings. The molecule has 0 aliphatic carbocycles. The number of carbonyl (C=O) groups excluding carboxylic acids is 1. The third-order valence-corrected chi connectivity index (χ3v) is 2.02. The van der Waals surface area contributed by atoms with Crippen molar-refractivity contribution in [2.45, 2.75) is 45.1 Å². The zero-order valence-electron chi connectivity index (χ0n) is 9.23. The molecular weight excluding hydrogens is 214 g/mol. The third kappa shape index (κ3) is 6.80. The molecule has 0 spiro atoms. The van der Waals surface area contributed by atoms with Gasteiger partial charge in [0.15, 0.2) is 0 Å². The van der Waals surface area contributed by atoms with Gasteiger partial charge >= 0.3 is 11.9 Å². The van der Waals surface area contributed by atoms with Crippen molar-refractivity contribution in [3.05, 3.63) is 0 Å². The van der Waals surface area contributed by atoms with Gasteiger partial charge in [-0.05, 0) is 6.42 Å². The Hall–Kier alpha value is -1.59. The number of rotatable bonds is 8. The average molecular weight is 231 g/mol. The Morgan fingerprint density at radius 1 is 1.19 bits per heavy atom. The smallest absolute Gasteiger partial charge is 0.326 e. The Bertz CT molecular complexity index is 264. The van der Waals surface area contributed by atoms with Crippen LogP contribution in [0.15, 0.2) is 0 Å². The van der Waals surface area contributed by atoms with Crippen LogP contribution in [0.2, 0.25) is 0 Å². The van der Waals surface area contributed by atoms with Gasteiger partial charge in [0.2, 0.25) is 5.91 Å². The maximum absolute atomic E-state index is 11.2. The number of amides is 1. The summed E-state index contributed by atoms with van der Waals surface area (Å²) < 4.78 is 0. The molecule has 92 valence electrons. The van der Waals surface area contributed by atoms with Gasteiger partial charge in [-0.2, -0.15) is 0 Å². The van der Waals surface area contributed by atoms with Crippen LogP contribution in [0.5, 0.6) is 0 Å². The molecule has 0 unspecified atom stereocenters. The highest BCUT2D eigenvalue weighted by molar-refractivity contribution is 5.86. The molecule has 3 N–H and O–H groups in total. The Morgan fingerprint density at radius 3 is 2.25 bits per heavy atom. The first-order chi connectivity index (χ1) is 7.47. The van der Waals surface area contributed by atoms with Gasteiger partial charge in [-0.15, -0.1) is 0 Å². The van der Waals surface area contributed by atoms with Crippen LogP contribution < -0.4 is 5.32 Å². The monoisotopic (exact) mass is 231 g/mol. The molecule has 0 fully saturated rings. The second-order valence-corrected chi connectivity index (χ2v) is 3.51. The first kappa shape index (κ1) is 14.4. The minimum absolute atomic E-state index is 0.233. The van der Waals surface area contributed by atoms with Gasteiger partial charge in [0, 0.05) is 6.42 Å². The van der Waals surface area contributed by atoms with E-state index < -0.39 is 30.3 Å². The van der Waals surface area contributed by atoms with Crippen LogP contribution in [0.25, 0.3) is 0 Å². The van der Waals surface area contributed by atoms with Crippen molar-refractivity contribution in [2.75, 3.05) is 0 Å². The van der Waals surface area contributed by atoms with Crippen molar-refractivity contribution in [2.24, 2.45) is 0 Å². The van der Waals surface area contributed by atoms with Gasteiger partial charge in [0.1, 0.15) is 6.04 Å². The largest absolute Gasteiger partial charge is 0.481 e. The lowest BCUT2D eigenvalue weighted by Gasteiger charge is -2.11. The zero-order valence-corrected chi connectivity index (χ0v) is 9.23. The van der Waals surface area contributed by atoms with Crippen LogP contribution >= 0.6 is 0 Å². The molecule has 0 aliphatic rings. The molecule has 0 saturated carbocycles. The van der Waals surface area contributed by atoms with E-state index in [4.69, 9.17) is 10.2 Å². The minimum atomic E-state index is -1.34. The summed E-state index contributed by atoms with van der Waals surface area (Å²) in [5.41, 5.74) is 0. The summed E-state index contributed by atoms with van der Waals surface area (Å²) in [6, 6.07) is -1.34. The van der Waals surface area contributed by atoms with Gasteiger partial charge < -0.3 is 15.5 Å². The van der Waals surface area contributed by atoms with Crippen molar-refractivity contribution in [1.82, 2.24) is 5.32 Å². The third-order valence-electron chi connectivity index (χ3n) is 2.02. The van der Waals surface area contributed by atoms with Crippen molar-refractivity contribution in [3.63, 3.8) is 0 Å². The second kappa shape index (κ2) is 7.67. The van der Waals surface area contributed by atoms with E-state index in [1.165, 1.54) is 0 Å². The van der Waals surface area contributed by atoms with E-state index in [0.717, 1.165) is 12.8 Å². The summed E-state index contributed by atoms with van der Waals surface area (Å²) in [5, 5.41) is 19.3. The van der Waals surface area contributed by atoms with Crippen LogP contribution in [0, 0.1) is 0 Å². The zero-order chi connectivity index (χ0) is 12.6. The van der Waals surface area contributed by atoms with Gasteiger partial charge in [-0.1, -0.05) is 19.8 Å². The number of aliphatic carboxylic acids is 2. The van der Waals surface area contributed by atoms with E-state index in [1.807, 2.05) is 6.92 Å². The SMILES string of the molecule is CCCCCC(=O)N[C@H](CC(=O)O)C(=O)O. The second-order valence-electron chi connectivity index (χ2n) is 3.51. The van der Waals surface area contributed by atoms with E-state index in [1.54, 1.807) is 0 Å². The number of carboxylic acid groups (broad SMARTS) is 2. The first-order valence-corrected chi connectivity index (χ1v) is 5.21. The van der Waals surface area contributed by atoms with Crippen LogP contribution in [-0.4, -0.2) is 34.1 Å². The summed E-state index contributed by atoms with van der Waals surface area (Å²) >= 11 is 0.